The number of hydrogen-bond donors (Lipinski definition) is 6. The number of phenolic OH excluding ortho intramolecular Hbond substituents is 6. The van der Waals surface area contributed by atoms with Crippen molar-refractivity contribution in [1.29, 1.82) is 0 Å². The fourth-order valence-electron chi connectivity index (χ4n) is 7.30. The van der Waals surface area contributed by atoms with Crippen molar-refractivity contribution in [3.63, 3.8) is 0 Å². The normalized spacial score (nSPS) is 14.9. The Kier molecular flexibility index (Phi) is 6.72. The van der Waals surface area contributed by atoms with Crippen molar-refractivity contribution < 1.29 is 30.6 Å². The Morgan fingerprint density at radius 1 is 0.523 bits per heavy atom. The van der Waals surface area contributed by atoms with Crippen LogP contribution in [0.3, 0.4) is 0 Å². The first-order chi connectivity index (χ1) is 20.8. The summed E-state index contributed by atoms with van der Waals surface area (Å²) in [5.74, 6) is -2.58. The van der Waals surface area contributed by atoms with E-state index >= 15 is 0 Å². The van der Waals surface area contributed by atoms with Crippen LogP contribution in [0.25, 0.3) is 22.3 Å². The number of rotatable bonds is 7. The number of fused-ring (bicyclic) bond motifs is 3. The number of benzene rings is 3. The number of aromatic hydroxyl groups is 6. The van der Waals surface area contributed by atoms with Crippen LogP contribution >= 0.6 is 0 Å². The molecule has 0 aromatic heterocycles. The van der Waals surface area contributed by atoms with Crippen LogP contribution in [0, 0.1) is 0 Å². The molecule has 44 heavy (non-hydrogen) atoms. The van der Waals surface area contributed by atoms with E-state index in [4.69, 9.17) is 0 Å². The highest BCUT2D eigenvalue weighted by Gasteiger charge is 2.40. The van der Waals surface area contributed by atoms with Gasteiger partial charge in [0.2, 0.25) is 0 Å². The first kappa shape index (κ1) is 29.5. The molecule has 0 saturated heterocycles. The zero-order valence-corrected chi connectivity index (χ0v) is 26.0. The fourth-order valence-corrected chi connectivity index (χ4v) is 7.30. The Morgan fingerprint density at radius 2 is 0.932 bits per heavy atom. The van der Waals surface area contributed by atoms with E-state index in [9.17, 15) is 30.6 Å². The molecule has 0 bridgehead atoms. The zero-order chi connectivity index (χ0) is 31.9. The summed E-state index contributed by atoms with van der Waals surface area (Å²) < 4.78 is 0. The van der Waals surface area contributed by atoms with Gasteiger partial charge in [0.15, 0.2) is 34.5 Å². The van der Waals surface area contributed by atoms with Gasteiger partial charge in [-0.3, -0.25) is 15.0 Å². The Balaban J connectivity index is 1.66. The van der Waals surface area contributed by atoms with Gasteiger partial charge in [-0.15, -0.1) is 0 Å². The monoisotopic (exact) mass is 597 g/mol. The summed E-state index contributed by atoms with van der Waals surface area (Å²) in [4.78, 5) is 13.7. The summed E-state index contributed by atoms with van der Waals surface area (Å²) >= 11 is 0. The molecule has 3 aliphatic rings. The molecule has 0 saturated carbocycles. The van der Waals surface area contributed by atoms with Crippen LogP contribution in [0.4, 0.5) is 17.1 Å². The van der Waals surface area contributed by atoms with Gasteiger partial charge in [-0.25, -0.2) is 0 Å². The van der Waals surface area contributed by atoms with E-state index in [0.29, 0.717) is 52.9 Å². The summed E-state index contributed by atoms with van der Waals surface area (Å²) in [7, 11) is 0. The third-order valence-corrected chi connectivity index (χ3v) is 9.73. The molecule has 0 unspecified atom stereocenters. The van der Waals surface area contributed by atoms with E-state index in [0.717, 1.165) is 18.4 Å². The Hall–Kier alpha value is -4.53. The van der Waals surface area contributed by atoms with Crippen molar-refractivity contribution in [3.8, 4) is 56.8 Å². The summed E-state index contributed by atoms with van der Waals surface area (Å²) in [5, 5.41) is 69.2. The van der Waals surface area contributed by atoms with Crippen LogP contribution in [0.15, 0.2) is 15.0 Å². The molecule has 230 valence electrons. The Morgan fingerprint density at radius 3 is 1.48 bits per heavy atom. The largest absolute Gasteiger partial charge is 0.504 e. The Bertz CT molecular complexity index is 1850. The summed E-state index contributed by atoms with van der Waals surface area (Å²) in [6.07, 6.45) is 8.40. The molecule has 0 amide bonds. The maximum atomic E-state index is 11.7. The number of phenols is 6. The smallest absolute Gasteiger partial charge is 0.168 e. The molecular weight excluding hydrogens is 558 g/mol. The lowest BCUT2D eigenvalue weighted by Crippen LogP contribution is -2.19. The van der Waals surface area contributed by atoms with Gasteiger partial charge in [-0.1, -0.05) is 48.0 Å². The van der Waals surface area contributed by atoms with Gasteiger partial charge in [0, 0.05) is 60.2 Å². The topological polar surface area (TPSA) is 158 Å². The van der Waals surface area contributed by atoms with E-state index in [1.54, 1.807) is 18.6 Å². The first-order valence-electron chi connectivity index (χ1n) is 15.2. The van der Waals surface area contributed by atoms with Gasteiger partial charge in [-0.2, -0.15) is 0 Å². The van der Waals surface area contributed by atoms with Gasteiger partial charge in [0.1, 0.15) is 0 Å². The molecular formula is C35H39N3O6. The molecule has 3 aliphatic heterocycles. The van der Waals surface area contributed by atoms with Crippen molar-refractivity contribution in [2.75, 3.05) is 0 Å². The standard InChI is InChI=1S/C35H39N3O6/c1-7-12-35(5,6)23-18-11-15-37-26(18)22(31(42)32(23)43)19-16-9-13-36-25(16)21(30(41)28(19)39)20-17-10-14-38-27(17)24(33(44)29(20)40)34(3,4)8-2/h13-15,39-44H,7-12H2,1-6H3. The maximum absolute atomic E-state index is 11.7. The van der Waals surface area contributed by atoms with Gasteiger partial charge < -0.3 is 30.6 Å². The average Bonchev–Trinajstić information content (AvgIpc) is 3.74. The van der Waals surface area contributed by atoms with E-state index in [2.05, 4.69) is 21.9 Å². The van der Waals surface area contributed by atoms with Crippen molar-refractivity contribution in [1.82, 2.24) is 0 Å². The van der Waals surface area contributed by atoms with Gasteiger partial charge in [0.25, 0.3) is 0 Å². The zero-order valence-electron chi connectivity index (χ0n) is 26.0. The van der Waals surface area contributed by atoms with Gasteiger partial charge >= 0.3 is 0 Å². The summed E-state index contributed by atoms with van der Waals surface area (Å²) in [6, 6.07) is 0. The van der Waals surface area contributed by atoms with Crippen molar-refractivity contribution in [2.24, 2.45) is 15.0 Å². The highest BCUT2D eigenvalue weighted by molar-refractivity contribution is 6.06. The van der Waals surface area contributed by atoms with Crippen molar-refractivity contribution in [2.45, 2.75) is 90.9 Å². The first-order valence-corrected chi connectivity index (χ1v) is 15.2. The maximum Gasteiger partial charge on any atom is 0.168 e. The van der Waals surface area contributed by atoms with Crippen molar-refractivity contribution in [3.05, 3.63) is 27.8 Å². The third kappa shape index (κ3) is 3.94. The second kappa shape index (κ2) is 10.0. The van der Waals surface area contributed by atoms with Crippen LogP contribution in [-0.2, 0) is 30.1 Å². The molecule has 3 aromatic rings. The molecule has 9 nitrogen and oxygen atoms in total. The SMILES string of the molecule is CCCC(C)(C)c1c(O)c(O)c(-c2c(O)c(O)c(-c3c(O)c(O)c(C(C)(C)CC)c4c3CC=N4)c3c2CC=N3)c2c1CC=N2. The van der Waals surface area contributed by atoms with Crippen LogP contribution in [0.1, 0.15) is 88.6 Å². The average molecular weight is 598 g/mol. The minimum absolute atomic E-state index is 0.0648. The molecule has 0 aliphatic carbocycles. The third-order valence-electron chi connectivity index (χ3n) is 9.73. The lowest BCUT2D eigenvalue weighted by atomic mass is 9.75. The Labute approximate surface area is 256 Å². The van der Waals surface area contributed by atoms with E-state index in [1.165, 1.54) is 0 Å². The molecule has 3 heterocycles. The molecule has 0 radical (unpaired) electrons. The summed E-state index contributed by atoms with van der Waals surface area (Å²) in [5.41, 5.74) is 3.72. The van der Waals surface area contributed by atoms with Crippen LogP contribution in [0.5, 0.6) is 34.5 Å². The highest BCUT2D eigenvalue weighted by atomic mass is 16.3. The predicted octanol–water partition coefficient (Wildman–Crippen LogP) is 7.79. The van der Waals surface area contributed by atoms with E-state index in [-0.39, 0.29) is 45.9 Å². The van der Waals surface area contributed by atoms with E-state index in [1.807, 2.05) is 34.6 Å². The minimum Gasteiger partial charge on any atom is -0.504 e. The lowest BCUT2D eigenvalue weighted by molar-refractivity contribution is 0.377. The van der Waals surface area contributed by atoms with Crippen molar-refractivity contribution >= 4 is 35.7 Å². The van der Waals surface area contributed by atoms with Crippen LogP contribution < -0.4 is 0 Å². The number of hydrogen-bond acceptors (Lipinski definition) is 9. The second-order valence-electron chi connectivity index (χ2n) is 13.2. The lowest BCUT2D eigenvalue weighted by Gasteiger charge is -2.30. The number of nitrogens with zero attached hydrogens (tertiary/aromatic N) is 3. The molecule has 0 atom stereocenters. The molecule has 0 fully saturated rings. The van der Waals surface area contributed by atoms with E-state index < -0.39 is 33.8 Å². The quantitative estimate of drug-likeness (QED) is 0.153. The summed E-state index contributed by atoms with van der Waals surface area (Å²) in [6.45, 7) is 12.0. The van der Waals surface area contributed by atoms with Gasteiger partial charge in [0.05, 0.1) is 28.2 Å². The predicted molar refractivity (Wildman–Crippen MR) is 174 cm³/mol. The molecule has 0 spiro atoms. The second-order valence-corrected chi connectivity index (χ2v) is 13.2. The molecule has 3 aromatic carbocycles. The molecule has 6 rings (SSSR count). The number of aliphatic imine (C=N–C) groups is 3. The van der Waals surface area contributed by atoms with Crippen LogP contribution in [-0.4, -0.2) is 49.3 Å². The molecule has 6 N–H and O–H groups in total. The highest BCUT2D eigenvalue weighted by Crippen LogP contribution is 2.63. The molecule has 9 heteroatoms. The van der Waals surface area contributed by atoms with Gasteiger partial charge in [-0.05, 0) is 40.4 Å². The fraction of sp³-hybridized carbons (Fsp3) is 0.400. The minimum atomic E-state index is -0.575. The van der Waals surface area contributed by atoms with Crippen LogP contribution in [0.2, 0.25) is 0 Å².